The molecule has 1 N–H and O–H groups in total. The van der Waals surface area contributed by atoms with Crippen LogP contribution in [-0.4, -0.2) is 43.3 Å². The first-order valence-corrected chi connectivity index (χ1v) is 12.7. The van der Waals surface area contributed by atoms with Crippen molar-refractivity contribution in [3.63, 3.8) is 0 Å². The van der Waals surface area contributed by atoms with Crippen molar-refractivity contribution in [3.8, 4) is 5.75 Å². The smallest absolute Gasteiger partial charge is 0.257 e. The molecule has 2 aromatic rings. The minimum Gasteiger partial charge on any atom is -0.495 e. The van der Waals surface area contributed by atoms with E-state index in [0.717, 1.165) is 50.6 Å². The molecule has 4 rings (SSSR count). The summed E-state index contributed by atoms with van der Waals surface area (Å²) in [4.78, 5) is 18.7. The number of benzene rings is 1. The summed E-state index contributed by atoms with van der Waals surface area (Å²) >= 11 is 1.50. The van der Waals surface area contributed by atoms with E-state index in [0.29, 0.717) is 11.7 Å². The van der Waals surface area contributed by atoms with E-state index < -0.39 is 10.0 Å². The highest BCUT2D eigenvalue weighted by Crippen LogP contribution is 2.33. The molecule has 1 saturated heterocycles. The van der Waals surface area contributed by atoms with Gasteiger partial charge in [0.15, 0.2) is 5.13 Å². The number of hydrogen-bond donors (Lipinski definition) is 1. The van der Waals surface area contributed by atoms with Gasteiger partial charge in [-0.05, 0) is 63.6 Å². The molecule has 1 aliphatic carbocycles. The number of amides is 1. The quantitative estimate of drug-likeness (QED) is 0.749. The van der Waals surface area contributed by atoms with Gasteiger partial charge in [-0.3, -0.25) is 10.1 Å². The molecule has 1 amide bonds. The van der Waals surface area contributed by atoms with Gasteiger partial charge in [0.05, 0.1) is 12.8 Å². The van der Waals surface area contributed by atoms with Gasteiger partial charge in [-0.1, -0.05) is 6.42 Å². The van der Waals surface area contributed by atoms with Gasteiger partial charge >= 0.3 is 0 Å². The number of anilines is 1. The zero-order chi connectivity index (χ0) is 21.3. The van der Waals surface area contributed by atoms with Gasteiger partial charge in [0, 0.05) is 23.0 Å². The zero-order valence-corrected chi connectivity index (χ0v) is 18.9. The van der Waals surface area contributed by atoms with E-state index in [1.54, 1.807) is 12.1 Å². The van der Waals surface area contributed by atoms with Crippen LogP contribution in [0.3, 0.4) is 0 Å². The Bertz CT molecular complexity index is 1030. The maximum absolute atomic E-state index is 13.3. The number of methoxy groups -OCH3 is 1. The third-order valence-corrected chi connectivity index (χ3v) is 8.93. The summed E-state index contributed by atoms with van der Waals surface area (Å²) in [6, 6.07) is 4.47. The fourth-order valence-corrected chi connectivity index (χ4v) is 7.08. The number of rotatable bonds is 5. The van der Waals surface area contributed by atoms with Crippen LogP contribution in [0.15, 0.2) is 23.1 Å². The molecule has 0 spiro atoms. The van der Waals surface area contributed by atoms with Crippen molar-refractivity contribution >= 4 is 32.4 Å². The van der Waals surface area contributed by atoms with Crippen LogP contribution in [0.4, 0.5) is 5.13 Å². The van der Waals surface area contributed by atoms with Crippen LogP contribution in [0.2, 0.25) is 0 Å². The van der Waals surface area contributed by atoms with Gasteiger partial charge in [-0.15, -0.1) is 11.3 Å². The monoisotopic (exact) mass is 449 g/mol. The van der Waals surface area contributed by atoms with Crippen LogP contribution in [-0.2, 0) is 22.9 Å². The van der Waals surface area contributed by atoms with Gasteiger partial charge in [0.25, 0.3) is 5.91 Å². The van der Waals surface area contributed by atoms with Crippen LogP contribution in [0.5, 0.6) is 5.75 Å². The molecule has 162 valence electrons. The standard InChI is InChI=1S/C21H27N3O4S2/c1-14-7-5-6-12-24(14)30(26,27)19-13-15(10-11-17(19)28-2)20(25)23-21-22-16-8-3-4-9-18(16)29-21/h10-11,13-14H,3-9,12H2,1-2H3,(H,22,23,25). The van der Waals surface area contributed by atoms with Crippen molar-refractivity contribution < 1.29 is 17.9 Å². The Labute approximate surface area is 181 Å². The molecule has 0 saturated carbocycles. The van der Waals surface area contributed by atoms with Crippen molar-refractivity contribution in [2.24, 2.45) is 0 Å². The summed E-state index contributed by atoms with van der Waals surface area (Å²) in [5.41, 5.74) is 1.34. The minimum atomic E-state index is -3.77. The van der Waals surface area contributed by atoms with Gasteiger partial charge in [0.2, 0.25) is 10.0 Å². The highest BCUT2D eigenvalue weighted by atomic mass is 32.2. The summed E-state index contributed by atoms with van der Waals surface area (Å²) in [6.45, 7) is 2.40. The van der Waals surface area contributed by atoms with E-state index in [9.17, 15) is 13.2 Å². The molecule has 1 aromatic heterocycles. The molecule has 1 aromatic carbocycles. The lowest BCUT2D eigenvalue weighted by atomic mass is 10.0. The summed E-state index contributed by atoms with van der Waals surface area (Å²) in [6.07, 6.45) is 6.90. The molecule has 1 aliphatic heterocycles. The number of nitrogens with one attached hydrogen (secondary N) is 1. The van der Waals surface area contributed by atoms with Crippen LogP contribution < -0.4 is 10.1 Å². The number of sulfonamides is 1. The average Bonchev–Trinajstić information content (AvgIpc) is 3.15. The molecule has 1 fully saturated rings. The molecule has 1 atom stereocenters. The number of aryl methyl sites for hydroxylation is 2. The van der Waals surface area contributed by atoms with E-state index in [1.165, 1.54) is 33.7 Å². The maximum Gasteiger partial charge on any atom is 0.257 e. The summed E-state index contributed by atoms with van der Waals surface area (Å²) in [7, 11) is -2.33. The van der Waals surface area contributed by atoms with E-state index >= 15 is 0 Å². The Hall–Kier alpha value is -1.97. The highest BCUT2D eigenvalue weighted by molar-refractivity contribution is 7.89. The molecule has 0 radical (unpaired) electrons. The largest absolute Gasteiger partial charge is 0.495 e. The molecule has 0 bridgehead atoms. The average molecular weight is 450 g/mol. The fraction of sp³-hybridized carbons (Fsp3) is 0.524. The summed E-state index contributed by atoms with van der Waals surface area (Å²) in [5.74, 6) is -0.124. The first-order chi connectivity index (χ1) is 14.4. The number of carbonyl (C=O) groups is 1. The Morgan fingerprint density at radius 1 is 1.23 bits per heavy atom. The van der Waals surface area contributed by atoms with Crippen LogP contribution in [0, 0.1) is 0 Å². The molecule has 2 heterocycles. The Balaban J connectivity index is 1.62. The molecule has 2 aliphatic rings. The number of nitrogens with zero attached hydrogens (tertiary/aromatic N) is 2. The van der Waals surface area contributed by atoms with Gasteiger partial charge in [-0.25, -0.2) is 13.4 Å². The topological polar surface area (TPSA) is 88.6 Å². The second-order valence-electron chi connectivity index (χ2n) is 7.88. The minimum absolute atomic E-state index is 0.0323. The lowest BCUT2D eigenvalue weighted by Gasteiger charge is -2.32. The van der Waals surface area contributed by atoms with Gasteiger partial charge in [-0.2, -0.15) is 4.31 Å². The third-order valence-electron chi connectivity index (χ3n) is 5.82. The highest BCUT2D eigenvalue weighted by Gasteiger charge is 2.33. The van der Waals surface area contributed by atoms with E-state index in [2.05, 4.69) is 10.3 Å². The normalized spacial score (nSPS) is 19.9. The maximum atomic E-state index is 13.3. The van der Waals surface area contributed by atoms with E-state index in [4.69, 9.17) is 4.74 Å². The number of carbonyl (C=O) groups excluding carboxylic acids is 1. The molecule has 7 nitrogen and oxygen atoms in total. The second-order valence-corrected chi connectivity index (χ2v) is 10.8. The number of fused-ring (bicyclic) bond motifs is 1. The summed E-state index contributed by atoms with van der Waals surface area (Å²) < 4.78 is 33.5. The molecule has 9 heteroatoms. The number of ether oxygens (including phenoxy) is 1. The fourth-order valence-electron chi connectivity index (χ4n) is 4.15. The number of aromatic nitrogens is 1. The van der Waals surface area contributed by atoms with E-state index in [1.807, 2.05) is 6.92 Å². The number of hydrogen-bond acceptors (Lipinski definition) is 6. The third kappa shape index (κ3) is 4.10. The lowest BCUT2D eigenvalue weighted by Crippen LogP contribution is -2.42. The molecular formula is C21H27N3O4S2. The Morgan fingerprint density at radius 2 is 2.03 bits per heavy atom. The van der Waals surface area contributed by atoms with Crippen molar-refractivity contribution in [1.29, 1.82) is 0 Å². The van der Waals surface area contributed by atoms with Gasteiger partial charge < -0.3 is 4.74 Å². The van der Waals surface area contributed by atoms with Crippen molar-refractivity contribution in [2.45, 2.75) is 62.8 Å². The predicted octanol–water partition coefficient (Wildman–Crippen LogP) is 3.85. The number of thiazole rings is 1. The first-order valence-electron chi connectivity index (χ1n) is 10.4. The molecular weight excluding hydrogens is 422 g/mol. The Kier molecular flexibility index (Phi) is 6.13. The van der Waals surface area contributed by atoms with Crippen molar-refractivity contribution in [2.75, 3.05) is 19.0 Å². The second kappa shape index (κ2) is 8.64. The summed E-state index contributed by atoms with van der Waals surface area (Å²) in [5, 5.41) is 3.41. The zero-order valence-electron chi connectivity index (χ0n) is 17.3. The van der Waals surface area contributed by atoms with Crippen LogP contribution in [0.25, 0.3) is 0 Å². The van der Waals surface area contributed by atoms with Crippen LogP contribution in [0.1, 0.15) is 60.0 Å². The Morgan fingerprint density at radius 3 is 2.77 bits per heavy atom. The van der Waals surface area contributed by atoms with Crippen molar-refractivity contribution in [3.05, 3.63) is 34.3 Å². The molecule has 1 unspecified atom stereocenters. The first kappa shape index (κ1) is 21.3. The lowest BCUT2D eigenvalue weighted by molar-refractivity contribution is 0.102. The number of piperidine rings is 1. The molecule has 30 heavy (non-hydrogen) atoms. The predicted molar refractivity (Wildman–Crippen MR) is 117 cm³/mol. The SMILES string of the molecule is COc1ccc(C(=O)Nc2nc3c(s2)CCCC3)cc1S(=O)(=O)N1CCCCC1C. The van der Waals surface area contributed by atoms with Crippen LogP contribution >= 0.6 is 11.3 Å². The van der Waals surface area contributed by atoms with E-state index in [-0.39, 0.29) is 28.2 Å². The van der Waals surface area contributed by atoms with Crippen molar-refractivity contribution in [1.82, 2.24) is 9.29 Å². The van der Waals surface area contributed by atoms with Gasteiger partial charge in [0.1, 0.15) is 10.6 Å².